The molecular weight excluding hydrogens is 361 g/mol. The Morgan fingerprint density at radius 1 is 1.25 bits per heavy atom. The van der Waals surface area contributed by atoms with E-state index < -0.39 is 0 Å². The van der Waals surface area contributed by atoms with Gasteiger partial charge in [-0.25, -0.2) is 0 Å². The first kappa shape index (κ1) is 17.6. The maximum atomic E-state index is 5.76. The fraction of sp³-hybridized carbons (Fsp3) is 0.625. The summed E-state index contributed by atoms with van der Waals surface area (Å²) < 4.78 is 1.15. The SMILES string of the molecule is CCCC[N+](C)(C)C1CCN(c2ccc(N)cc2)C1.[I-]. The topological polar surface area (TPSA) is 29.3 Å². The van der Waals surface area contributed by atoms with Crippen LogP contribution in [0.5, 0.6) is 0 Å². The van der Waals surface area contributed by atoms with Crippen molar-refractivity contribution < 1.29 is 28.5 Å². The second-order valence-electron chi connectivity index (χ2n) is 6.34. The van der Waals surface area contributed by atoms with Gasteiger partial charge in [0, 0.05) is 24.3 Å². The van der Waals surface area contributed by atoms with Crippen molar-refractivity contribution in [1.82, 2.24) is 0 Å². The van der Waals surface area contributed by atoms with Gasteiger partial charge in [-0.15, -0.1) is 0 Å². The molecule has 1 aliphatic heterocycles. The number of halogens is 1. The first-order valence-electron chi connectivity index (χ1n) is 7.46. The molecule has 0 aliphatic carbocycles. The predicted octanol–water partition coefficient (Wildman–Crippen LogP) is -0.272. The fourth-order valence-corrected chi connectivity index (χ4v) is 2.98. The molecule has 1 aromatic rings. The van der Waals surface area contributed by atoms with Crippen LogP contribution in [0.25, 0.3) is 0 Å². The average molecular weight is 389 g/mol. The molecule has 2 N–H and O–H groups in total. The van der Waals surface area contributed by atoms with E-state index in [4.69, 9.17) is 5.73 Å². The molecule has 0 aromatic heterocycles. The fourth-order valence-electron chi connectivity index (χ4n) is 2.98. The Hall–Kier alpha value is -0.490. The lowest BCUT2D eigenvalue weighted by Gasteiger charge is -2.36. The van der Waals surface area contributed by atoms with Gasteiger partial charge >= 0.3 is 0 Å². The van der Waals surface area contributed by atoms with Crippen LogP contribution in [-0.2, 0) is 0 Å². The zero-order chi connectivity index (χ0) is 13.9. The van der Waals surface area contributed by atoms with Crippen molar-refractivity contribution in [3.8, 4) is 0 Å². The Morgan fingerprint density at radius 3 is 2.50 bits per heavy atom. The maximum Gasteiger partial charge on any atom is 0.108 e. The minimum atomic E-state index is 0. The summed E-state index contributed by atoms with van der Waals surface area (Å²) in [6.45, 7) is 5.90. The summed E-state index contributed by atoms with van der Waals surface area (Å²) in [4.78, 5) is 2.50. The third-order valence-corrected chi connectivity index (χ3v) is 4.50. The van der Waals surface area contributed by atoms with Crippen molar-refractivity contribution in [2.75, 3.05) is 44.4 Å². The van der Waals surface area contributed by atoms with E-state index >= 15 is 0 Å². The van der Waals surface area contributed by atoms with E-state index in [1.54, 1.807) is 0 Å². The largest absolute Gasteiger partial charge is 1.00 e. The van der Waals surface area contributed by atoms with Crippen LogP contribution in [0.1, 0.15) is 26.2 Å². The molecule has 1 unspecified atom stereocenters. The van der Waals surface area contributed by atoms with Gasteiger partial charge in [0.25, 0.3) is 0 Å². The number of quaternary nitrogens is 1. The first-order valence-corrected chi connectivity index (χ1v) is 7.46. The minimum Gasteiger partial charge on any atom is -1.00 e. The van der Waals surface area contributed by atoms with E-state index in [1.165, 1.54) is 44.6 Å². The minimum absolute atomic E-state index is 0. The molecule has 0 radical (unpaired) electrons. The molecule has 3 nitrogen and oxygen atoms in total. The molecule has 1 aromatic carbocycles. The molecule has 0 amide bonds. The number of nitrogens with zero attached hydrogens (tertiary/aromatic N) is 2. The molecule has 1 fully saturated rings. The summed E-state index contributed by atoms with van der Waals surface area (Å²) in [5.74, 6) is 0. The summed E-state index contributed by atoms with van der Waals surface area (Å²) in [5, 5.41) is 0. The third kappa shape index (κ3) is 4.25. The molecule has 2 rings (SSSR count). The van der Waals surface area contributed by atoms with Crippen LogP contribution in [0.15, 0.2) is 24.3 Å². The lowest BCUT2D eigenvalue weighted by Crippen LogP contribution is -3.00. The smallest absolute Gasteiger partial charge is 0.108 e. The van der Waals surface area contributed by atoms with Crippen LogP contribution >= 0.6 is 0 Å². The van der Waals surface area contributed by atoms with Crippen molar-refractivity contribution in [2.45, 2.75) is 32.2 Å². The van der Waals surface area contributed by atoms with Crippen LogP contribution in [-0.4, -0.2) is 44.3 Å². The molecular formula is C16H28IN3. The molecule has 1 heterocycles. The van der Waals surface area contributed by atoms with Gasteiger partial charge in [0.05, 0.1) is 27.2 Å². The van der Waals surface area contributed by atoms with Gasteiger partial charge in [-0.1, -0.05) is 13.3 Å². The van der Waals surface area contributed by atoms with Gasteiger partial charge in [-0.2, -0.15) is 0 Å². The summed E-state index contributed by atoms with van der Waals surface area (Å²) >= 11 is 0. The molecule has 20 heavy (non-hydrogen) atoms. The lowest BCUT2D eigenvalue weighted by atomic mass is 10.1. The van der Waals surface area contributed by atoms with Crippen LogP contribution in [0, 0.1) is 0 Å². The van der Waals surface area contributed by atoms with E-state index in [9.17, 15) is 0 Å². The summed E-state index contributed by atoms with van der Waals surface area (Å²) in [6.07, 6.45) is 3.91. The molecule has 1 saturated heterocycles. The molecule has 0 spiro atoms. The highest BCUT2D eigenvalue weighted by atomic mass is 127. The lowest BCUT2D eigenvalue weighted by molar-refractivity contribution is -0.912. The zero-order valence-electron chi connectivity index (χ0n) is 13.0. The van der Waals surface area contributed by atoms with E-state index in [0.717, 1.165) is 16.2 Å². The predicted molar refractivity (Wildman–Crippen MR) is 83.4 cm³/mol. The van der Waals surface area contributed by atoms with E-state index in [2.05, 4.69) is 38.1 Å². The highest BCUT2D eigenvalue weighted by molar-refractivity contribution is 5.53. The van der Waals surface area contributed by atoms with Crippen molar-refractivity contribution in [1.29, 1.82) is 0 Å². The zero-order valence-corrected chi connectivity index (χ0v) is 15.1. The molecule has 0 saturated carbocycles. The monoisotopic (exact) mass is 389 g/mol. The highest BCUT2D eigenvalue weighted by Crippen LogP contribution is 2.26. The van der Waals surface area contributed by atoms with Gasteiger partial charge in [-0.05, 0) is 30.7 Å². The van der Waals surface area contributed by atoms with Crippen LogP contribution in [0.4, 0.5) is 11.4 Å². The molecule has 0 bridgehead atoms. The van der Waals surface area contributed by atoms with Crippen molar-refractivity contribution in [3.05, 3.63) is 24.3 Å². The van der Waals surface area contributed by atoms with Crippen molar-refractivity contribution in [2.24, 2.45) is 0 Å². The van der Waals surface area contributed by atoms with E-state index in [0.29, 0.717) is 0 Å². The number of unbranched alkanes of at least 4 members (excludes halogenated alkanes) is 1. The Bertz CT molecular complexity index is 403. The number of nitrogen functional groups attached to an aromatic ring is 1. The molecule has 4 heteroatoms. The van der Waals surface area contributed by atoms with E-state index in [-0.39, 0.29) is 24.0 Å². The highest BCUT2D eigenvalue weighted by Gasteiger charge is 2.34. The molecule has 1 atom stereocenters. The van der Waals surface area contributed by atoms with Crippen molar-refractivity contribution >= 4 is 11.4 Å². The Balaban J connectivity index is 0.00000200. The summed E-state index contributed by atoms with van der Waals surface area (Å²) in [5.41, 5.74) is 7.91. The second kappa shape index (κ2) is 7.50. The van der Waals surface area contributed by atoms with E-state index in [1.807, 2.05) is 12.1 Å². The third-order valence-electron chi connectivity index (χ3n) is 4.50. The van der Waals surface area contributed by atoms with Gasteiger partial charge in [0.1, 0.15) is 6.04 Å². The van der Waals surface area contributed by atoms with Gasteiger partial charge in [0.15, 0.2) is 0 Å². The summed E-state index contributed by atoms with van der Waals surface area (Å²) in [6, 6.07) is 9.04. The number of rotatable bonds is 5. The van der Waals surface area contributed by atoms with Gasteiger partial charge < -0.3 is 39.1 Å². The van der Waals surface area contributed by atoms with Crippen LogP contribution < -0.4 is 34.6 Å². The quantitative estimate of drug-likeness (QED) is 0.427. The number of nitrogens with two attached hydrogens (primary N) is 1. The standard InChI is InChI=1S/C16H28N3.HI/c1-4-5-12-19(2,3)16-10-11-18(13-16)15-8-6-14(17)7-9-15;/h6-9,16H,4-5,10-13,17H2,1-3H3;1H/q+1;/p-1. The summed E-state index contributed by atoms with van der Waals surface area (Å²) in [7, 11) is 4.76. The second-order valence-corrected chi connectivity index (χ2v) is 6.34. The maximum absolute atomic E-state index is 5.76. The normalized spacial score (nSPS) is 18.9. The molecule has 114 valence electrons. The van der Waals surface area contributed by atoms with Crippen LogP contribution in [0.3, 0.4) is 0 Å². The Labute approximate surface area is 140 Å². The average Bonchev–Trinajstić information content (AvgIpc) is 2.88. The first-order chi connectivity index (χ1) is 9.03. The Morgan fingerprint density at radius 2 is 1.90 bits per heavy atom. The van der Waals surface area contributed by atoms with Gasteiger partial charge in [0.2, 0.25) is 0 Å². The molecule has 1 aliphatic rings. The van der Waals surface area contributed by atoms with Gasteiger partial charge in [-0.3, -0.25) is 0 Å². The Kier molecular flexibility index (Phi) is 6.58. The van der Waals surface area contributed by atoms with Crippen LogP contribution in [0.2, 0.25) is 0 Å². The number of hydrogen-bond donors (Lipinski definition) is 1. The number of likely N-dealkylation sites (N-methyl/N-ethyl adjacent to an activating group) is 1. The number of hydrogen-bond acceptors (Lipinski definition) is 2. The van der Waals surface area contributed by atoms with Crippen molar-refractivity contribution in [3.63, 3.8) is 0 Å². The number of benzene rings is 1. The number of anilines is 2.